The van der Waals surface area contributed by atoms with Crippen LogP contribution >= 0.6 is 0 Å². The average Bonchev–Trinajstić information content (AvgIpc) is 3.83. The van der Waals surface area contributed by atoms with Crippen LogP contribution < -0.4 is 4.74 Å². The molecule has 7 aliphatic rings. The van der Waals surface area contributed by atoms with Gasteiger partial charge in [-0.15, -0.1) is 5.06 Å². The molecule has 2 aromatic carbocycles. The minimum atomic E-state index is -2.29. The van der Waals surface area contributed by atoms with Crippen molar-refractivity contribution < 1.29 is 86.8 Å². The van der Waals surface area contributed by atoms with Crippen molar-refractivity contribution in [2.75, 3.05) is 47.2 Å². The predicted octanol–water partition coefficient (Wildman–Crippen LogP) is 2.24. The Labute approximate surface area is 373 Å². The van der Waals surface area contributed by atoms with E-state index in [9.17, 15) is 39.3 Å². The van der Waals surface area contributed by atoms with E-state index in [0.29, 0.717) is 44.5 Å². The molecule has 3 N–H and O–H groups in total. The number of hydrogen-bond donors (Lipinski definition) is 3. The van der Waals surface area contributed by atoms with Gasteiger partial charge in [0.2, 0.25) is 5.78 Å². The Morgan fingerprint density at radius 1 is 0.969 bits per heavy atom. The zero-order valence-electron chi connectivity index (χ0n) is 36.2. The number of carbonyl (C=O) groups is 5. The van der Waals surface area contributed by atoms with Gasteiger partial charge in [-0.05, 0) is 38.7 Å². The van der Waals surface area contributed by atoms with Crippen LogP contribution in [0.25, 0.3) is 0 Å². The molecule has 0 radical (unpaired) electrons. The summed E-state index contributed by atoms with van der Waals surface area (Å²) in [5.41, 5.74) is -3.24. The summed E-state index contributed by atoms with van der Waals surface area (Å²) in [6, 6.07) is 4.21. The summed E-state index contributed by atoms with van der Waals surface area (Å²) >= 11 is 0. The lowest BCUT2D eigenvalue weighted by atomic mass is 9.72. The molecule has 0 saturated carbocycles. The van der Waals surface area contributed by atoms with Crippen LogP contribution in [0.2, 0.25) is 0 Å². The van der Waals surface area contributed by atoms with Crippen LogP contribution in [-0.4, -0.2) is 157 Å². The number of aromatic hydroxyl groups is 2. The number of carbonyl (C=O) groups excluding carboxylic acids is 5. The van der Waals surface area contributed by atoms with Crippen molar-refractivity contribution in [3.63, 3.8) is 0 Å². The standard InChI is InChI=1S/C45H52N2O18/c1-21-11-12-30(49)47(21)65-31(50)20-58-18-23-7-5-10-32(62-23)60-19-29(48)45(55)16-25-35(41(54)37-36(39(25)52)38(51)24-8-6-9-27(56-3)34(24)40(37)53)28(17-45)63-33-15-26-42(22(2)61-33)64-43-44(57-4)59-14-13-46(26)43/h6,8-9,22-23,26,28,32-33,42-44,52,54-55H,1,5,7,10-20H2,2-4H3/t22-,23?,26-,28-,32?,33-,42+,43+,44-,45-/m0/s1. The Balaban J connectivity index is 0.943. The van der Waals surface area contributed by atoms with Gasteiger partial charge in [0, 0.05) is 62.1 Å². The van der Waals surface area contributed by atoms with Crippen LogP contribution in [0.4, 0.5) is 0 Å². The third kappa shape index (κ3) is 8.23. The second kappa shape index (κ2) is 18.1. The van der Waals surface area contributed by atoms with E-state index in [1.54, 1.807) is 0 Å². The molecule has 0 bridgehead atoms. The minimum Gasteiger partial charge on any atom is -0.507 e. The van der Waals surface area contributed by atoms with Crippen LogP contribution in [0, 0.1) is 0 Å². The number of ether oxygens (including phenoxy) is 9. The molecular weight excluding hydrogens is 856 g/mol. The summed E-state index contributed by atoms with van der Waals surface area (Å²) in [7, 11) is 2.87. The van der Waals surface area contributed by atoms with E-state index >= 15 is 0 Å². The minimum absolute atomic E-state index is 0.0160. The van der Waals surface area contributed by atoms with Crippen LogP contribution in [0.3, 0.4) is 0 Å². The quantitative estimate of drug-likeness (QED) is 0.208. The molecule has 10 atom stereocenters. The lowest BCUT2D eigenvalue weighted by Crippen LogP contribution is -2.55. The molecule has 65 heavy (non-hydrogen) atoms. The van der Waals surface area contributed by atoms with Gasteiger partial charge in [0.1, 0.15) is 42.2 Å². The van der Waals surface area contributed by atoms with E-state index in [2.05, 4.69) is 11.5 Å². The number of aliphatic hydroxyl groups is 1. The highest BCUT2D eigenvalue weighted by molar-refractivity contribution is 6.31. The van der Waals surface area contributed by atoms with Crippen molar-refractivity contribution in [3.05, 3.63) is 63.9 Å². The smallest absolute Gasteiger partial charge is 0.358 e. The van der Waals surface area contributed by atoms with Gasteiger partial charge in [0.05, 0.1) is 61.0 Å². The molecular formula is C45H52N2O18. The van der Waals surface area contributed by atoms with Crippen LogP contribution in [0.5, 0.6) is 17.2 Å². The Bertz CT molecular complexity index is 2270. The topological polar surface area (TPSA) is 245 Å². The lowest BCUT2D eigenvalue weighted by molar-refractivity contribution is -0.256. The molecule has 5 saturated heterocycles. The van der Waals surface area contributed by atoms with Crippen molar-refractivity contribution >= 4 is 29.2 Å². The monoisotopic (exact) mass is 908 g/mol. The average molecular weight is 909 g/mol. The van der Waals surface area contributed by atoms with Gasteiger partial charge in [-0.25, -0.2) is 4.79 Å². The predicted molar refractivity (Wildman–Crippen MR) is 217 cm³/mol. The second-order valence-electron chi connectivity index (χ2n) is 17.3. The van der Waals surface area contributed by atoms with Crippen LogP contribution in [-0.2, 0) is 63.5 Å². The Morgan fingerprint density at radius 2 is 1.77 bits per heavy atom. The number of phenolic OH excluding ortho intramolecular Hbond substituents is 2. The molecule has 5 aliphatic heterocycles. The maximum Gasteiger partial charge on any atom is 0.358 e. The van der Waals surface area contributed by atoms with E-state index in [4.69, 9.17) is 47.5 Å². The molecule has 5 heterocycles. The normalized spacial score (nSPS) is 32.1. The van der Waals surface area contributed by atoms with Gasteiger partial charge >= 0.3 is 5.97 Å². The van der Waals surface area contributed by atoms with E-state index in [-0.39, 0.29) is 65.5 Å². The van der Waals surface area contributed by atoms with Gasteiger partial charge in [-0.2, -0.15) is 0 Å². The Morgan fingerprint density at radius 3 is 2.52 bits per heavy atom. The van der Waals surface area contributed by atoms with Crippen molar-refractivity contribution in [2.45, 2.75) is 119 Å². The number of rotatable bonds is 13. The molecule has 1 amide bonds. The molecule has 350 valence electrons. The fourth-order valence-electron chi connectivity index (χ4n) is 10.1. The van der Waals surface area contributed by atoms with Crippen molar-refractivity contribution in [2.24, 2.45) is 0 Å². The highest BCUT2D eigenvalue weighted by Crippen LogP contribution is 2.53. The number of ketones is 3. The zero-order chi connectivity index (χ0) is 45.9. The number of nitrogens with zero attached hydrogens (tertiary/aromatic N) is 2. The Kier molecular flexibility index (Phi) is 12.6. The molecule has 0 spiro atoms. The summed E-state index contributed by atoms with van der Waals surface area (Å²) in [6.07, 6.45) is -4.42. The second-order valence-corrected chi connectivity index (χ2v) is 17.3. The first-order valence-corrected chi connectivity index (χ1v) is 21.8. The van der Waals surface area contributed by atoms with Gasteiger partial charge in [0.25, 0.3) is 5.91 Å². The van der Waals surface area contributed by atoms with Crippen molar-refractivity contribution in [1.29, 1.82) is 0 Å². The summed E-state index contributed by atoms with van der Waals surface area (Å²) in [5, 5.41) is 37.3. The maximum absolute atomic E-state index is 14.2. The number of amides is 1. The van der Waals surface area contributed by atoms with Gasteiger partial charge in [-0.3, -0.25) is 24.1 Å². The largest absolute Gasteiger partial charge is 0.507 e. The molecule has 0 aromatic heterocycles. The SMILES string of the molecule is C=C1CCC(=O)N1OC(=O)COCC1CCCC(OCC(=O)[C@]2(O)Cc3c(O)c4c(c(O)c3[C@@H](O[C@H]3C[C@H]5[C@H](O[C@@H]6[C@@H](OC)OCCN65)[C@H](C)O3)C2)C(=O)c2c(OC)cccc2C4=O)O1. The number of hydrogen-bond acceptors (Lipinski definition) is 19. The molecule has 5 fully saturated rings. The summed E-state index contributed by atoms with van der Waals surface area (Å²) in [4.78, 5) is 74.0. The molecule has 9 rings (SSSR count). The number of phenols is 2. The highest BCUT2D eigenvalue weighted by atomic mass is 16.7. The zero-order valence-corrected chi connectivity index (χ0v) is 36.2. The Hall–Kier alpha value is -4.87. The third-order valence-corrected chi connectivity index (χ3v) is 13.3. The lowest BCUT2D eigenvalue weighted by Gasteiger charge is -2.43. The first kappa shape index (κ1) is 45.3. The number of methoxy groups -OCH3 is 2. The number of allylic oxidation sites excluding steroid dienone is 1. The summed E-state index contributed by atoms with van der Waals surface area (Å²) < 4.78 is 53.4. The number of morpholine rings is 1. The van der Waals surface area contributed by atoms with E-state index < -0.39 is 121 Å². The molecule has 2 aromatic rings. The van der Waals surface area contributed by atoms with E-state index in [0.717, 1.165) is 5.06 Å². The highest BCUT2D eigenvalue weighted by Gasteiger charge is 2.55. The molecule has 2 aliphatic carbocycles. The first-order valence-electron chi connectivity index (χ1n) is 21.8. The van der Waals surface area contributed by atoms with Crippen LogP contribution in [0.1, 0.15) is 101 Å². The number of benzene rings is 2. The number of Topliss-reactive ketones (excluding diaryl/α,β-unsaturated/α-hetero) is 1. The van der Waals surface area contributed by atoms with Crippen LogP contribution in [0.15, 0.2) is 30.5 Å². The molecule has 2 unspecified atom stereocenters. The number of fused-ring (bicyclic) bond motifs is 6. The summed E-state index contributed by atoms with van der Waals surface area (Å²) in [6.45, 7) is 5.36. The van der Waals surface area contributed by atoms with Gasteiger partial charge in [-0.1, -0.05) is 18.7 Å². The maximum atomic E-state index is 14.2. The van der Waals surface area contributed by atoms with Crippen molar-refractivity contribution in [1.82, 2.24) is 9.96 Å². The number of hydroxylamine groups is 2. The fourth-order valence-corrected chi connectivity index (χ4v) is 10.1. The van der Waals surface area contributed by atoms with Gasteiger partial charge in [0.15, 0.2) is 36.7 Å². The van der Waals surface area contributed by atoms with E-state index in [1.807, 2.05) is 6.92 Å². The van der Waals surface area contributed by atoms with Crippen molar-refractivity contribution in [3.8, 4) is 17.2 Å². The van der Waals surface area contributed by atoms with E-state index in [1.165, 1.54) is 32.4 Å². The molecule has 20 heteroatoms. The first-order chi connectivity index (χ1) is 31.2. The van der Waals surface area contributed by atoms with Gasteiger partial charge < -0.3 is 62.8 Å². The third-order valence-electron chi connectivity index (χ3n) is 13.3. The fraction of sp³-hybridized carbons (Fsp3) is 0.578. The molecule has 20 nitrogen and oxygen atoms in total. The summed E-state index contributed by atoms with van der Waals surface area (Å²) in [5.74, 6) is -4.75.